The summed E-state index contributed by atoms with van der Waals surface area (Å²) in [7, 11) is 0. The van der Waals surface area contributed by atoms with Crippen molar-refractivity contribution in [1.29, 1.82) is 5.26 Å². The van der Waals surface area contributed by atoms with Gasteiger partial charge < -0.3 is 10.6 Å². The Bertz CT molecular complexity index is 450. The Morgan fingerprint density at radius 2 is 2.31 bits per heavy atom. The first-order valence-electron chi connectivity index (χ1n) is 5.24. The van der Waals surface area contributed by atoms with Gasteiger partial charge in [0.2, 0.25) is 5.91 Å². The third kappa shape index (κ3) is 2.05. The van der Waals surface area contributed by atoms with E-state index >= 15 is 0 Å². The molecule has 1 fully saturated rings. The fourth-order valence-corrected chi connectivity index (χ4v) is 1.82. The van der Waals surface area contributed by atoms with E-state index in [4.69, 9.17) is 5.26 Å². The Morgan fingerprint density at radius 1 is 1.50 bits per heavy atom. The molecule has 1 aromatic carbocycles. The molecular weight excluding hydrogens is 202 g/mol. The molecule has 16 heavy (non-hydrogen) atoms. The summed E-state index contributed by atoms with van der Waals surface area (Å²) in [5, 5.41) is 14.8. The molecule has 1 amide bonds. The number of carbonyl (C=O) groups excluding carboxylic acids is 1. The molecule has 82 valence electrons. The van der Waals surface area contributed by atoms with E-state index < -0.39 is 0 Å². The Balaban J connectivity index is 2.24. The van der Waals surface area contributed by atoms with Crippen LogP contribution in [0.1, 0.15) is 24.1 Å². The molecule has 1 aromatic rings. The van der Waals surface area contributed by atoms with E-state index in [2.05, 4.69) is 16.7 Å². The summed E-state index contributed by atoms with van der Waals surface area (Å²) < 4.78 is 0. The zero-order chi connectivity index (χ0) is 11.5. The standard InChI is InChI=1S/C12H13N3O/c1-8-7-14-11(12(16)15-8)10-4-2-3-9(5-10)6-13/h2-5,8,11,14H,7H2,1H3,(H,15,16)/t8-,11+/m1/s1. The third-order valence-corrected chi connectivity index (χ3v) is 2.63. The van der Waals surface area contributed by atoms with Crippen LogP contribution in [-0.4, -0.2) is 18.5 Å². The van der Waals surface area contributed by atoms with Gasteiger partial charge in [-0.1, -0.05) is 12.1 Å². The highest BCUT2D eigenvalue weighted by molar-refractivity contribution is 5.84. The second-order valence-corrected chi connectivity index (χ2v) is 3.99. The zero-order valence-corrected chi connectivity index (χ0v) is 9.03. The molecule has 4 nitrogen and oxygen atoms in total. The predicted molar refractivity (Wildman–Crippen MR) is 59.5 cm³/mol. The van der Waals surface area contributed by atoms with Crippen molar-refractivity contribution in [2.45, 2.75) is 19.0 Å². The fraction of sp³-hybridized carbons (Fsp3) is 0.333. The van der Waals surface area contributed by atoms with Gasteiger partial charge in [-0.05, 0) is 24.6 Å². The topological polar surface area (TPSA) is 64.9 Å². The molecule has 0 bridgehead atoms. The normalized spacial score (nSPS) is 24.6. The highest BCUT2D eigenvalue weighted by Gasteiger charge is 2.26. The Morgan fingerprint density at radius 3 is 3.00 bits per heavy atom. The second-order valence-electron chi connectivity index (χ2n) is 3.99. The van der Waals surface area contributed by atoms with Crippen molar-refractivity contribution in [2.75, 3.05) is 6.54 Å². The number of nitrogens with zero attached hydrogens (tertiary/aromatic N) is 1. The van der Waals surface area contributed by atoms with Crippen molar-refractivity contribution in [3.63, 3.8) is 0 Å². The number of hydrogen-bond donors (Lipinski definition) is 2. The van der Waals surface area contributed by atoms with E-state index in [1.807, 2.05) is 13.0 Å². The number of nitrogens with one attached hydrogen (secondary N) is 2. The van der Waals surface area contributed by atoms with Crippen molar-refractivity contribution in [1.82, 2.24) is 10.6 Å². The van der Waals surface area contributed by atoms with E-state index in [-0.39, 0.29) is 18.0 Å². The quantitative estimate of drug-likeness (QED) is 0.725. The van der Waals surface area contributed by atoms with Crippen LogP contribution in [0, 0.1) is 11.3 Å². The molecule has 0 aliphatic carbocycles. The lowest BCUT2D eigenvalue weighted by Crippen LogP contribution is -2.52. The van der Waals surface area contributed by atoms with Crippen molar-refractivity contribution in [3.8, 4) is 6.07 Å². The SMILES string of the molecule is C[C@@H]1CN[C@@H](c2cccc(C#N)c2)C(=O)N1. The molecule has 2 atom stereocenters. The molecule has 0 radical (unpaired) electrons. The summed E-state index contributed by atoms with van der Waals surface area (Å²) in [4.78, 5) is 11.7. The molecule has 2 N–H and O–H groups in total. The summed E-state index contributed by atoms with van der Waals surface area (Å²) in [6.45, 7) is 2.69. The van der Waals surface area contributed by atoms with Gasteiger partial charge in [-0.15, -0.1) is 0 Å². The smallest absolute Gasteiger partial charge is 0.241 e. The molecule has 0 unspecified atom stereocenters. The minimum Gasteiger partial charge on any atom is -0.351 e. The summed E-state index contributed by atoms with van der Waals surface area (Å²) in [6, 6.07) is 9.00. The lowest BCUT2D eigenvalue weighted by atomic mass is 10.0. The van der Waals surface area contributed by atoms with Gasteiger partial charge in [0.25, 0.3) is 0 Å². The molecule has 2 rings (SSSR count). The zero-order valence-electron chi connectivity index (χ0n) is 9.03. The molecule has 1 heterocycles. The molecule has 0 aromatic heterocycles. The van der Waals surface area contributed by atoms with Gasteiger partial charge in [0.15, 0.2) is 0 Å². The summed E-state index contributed by atoms with van der Waals surface area (Å²) in [5.74, 6) is -0.0335. The largest absolute Gasteiger partial charge is 0.351 e. The highest BCUT2D eigenvalue weighted by atomic mass is 16.2. The predicted octanol–water partition coefficient (Wildman–Crippen LogP) is 0.707. The van der Waals surface area contributed by atoms with Crippen LogP contribution in [-0.2, 0) is 4.79 Å². The monoisotopic (exact) mass is 215 g/mol. The molecular formula is C12H13N3O. The number of piperazine rings is 1. The molecule has 0 spiro atoms. The van der Waals surface area contributed by atoms with Crippen LogP contribution in [0.4, 0.5) is 0 Å². The van der Waals surface area contributed by atoms with Gasteiger partial charge in [0.05, 0.1) is 11.6 Å². The van der Waals surface area contributed by atoms with Crippen molar-refractivity contribution < 1.29 is 4.79 Å². The van der Waals surface area contributed by atoms with Crippen LogP contribution in [0.3, 0.4) is 0 Å². The molecule has 4 heteroatoms. The van der Waals surface area contributed by atoms with Crippen molar-refractivity contribution in [2.24, 2.45) is 0 Å². The first-order valence-corrected chi connectivity index (χ1v) is 5.24. The van der Waals surface area contributed by atoms with Crippen LogP contribution in [0.5, 0.6) is 0 Å². The first kappa shape index (κ1) is 10.7. The van der Waals surface area contributed by atoms with E-state index in [9.17, 15) is 4.79 Å². The van der Waals surface area contributed by atoms with Gasteiger partial charge in [-0.3, -0.25) is 4.79 Å². The number of rotatable bonds is 1. The van der Waals surface area contributed by atoms with Crippen LogP contribution < -0.4 is 10.6 Å². The Kier molecular flexibility index (Phi) is 2.88. The van der Waals surface area contributed by atoms with E-state index in [0.717, 1.165) is 12.1 Å². The molecule has 1 saturated heterocycles. The minimum atomic E-state index is -0.343. The molecule has 1 aliphatic heterocycles. The van der Waals surface area contributed by atoms with Gasteiger partial charge in [0.1, 0.15) is 6.04 Å². The number of nitriles is 1. The van der Waals surface area contributed by atoms with E-state index in [1.165, 1.54) is 0 Å². The average molecular weight is 215 g/mol. The van der Waals surface area contributed by atoms with E-state index in [1.54, 1.807) is 18.2 Å². The number of amides is 1. The maximum atomic E-state index is 11.7. The maximum absolute atomic E-state index is 11.7. The highest BCUT2D eigenvalue weighted by Crippen LogP contribution is 2.17. The summed E-state index contributed by atoms with van der Waals surface area (Å²) in [6.07, 6.45) is 0. The maximum Gasteiger partial charge on any atom is 0.241 e. The van der Waals surface area contributed by atoms with Gasteiger partial charge in [0, 0.05) is 12.6 Å². The summed E-state index contributed by atoms with van der Waals surface area (Å²) in [5.41, 5.74) is 1.41. The minimum absolute atomic E-state index is 0.0335. The van der Waals surface area contributed by atoms with Gasteiger partial charge >= 0.3 is 0 Å². The fourth-order valence-electron chi connectivity index (χ4n) is 1.82. The number of carbonyl (C=O) groups is 1. The second kappa shape index (κ2) is 4.33. The number of hydrogen-bond acceptors (Lipinski definition) is 3. The number of benzene rings is 1. The Hall–Kier alpha value is -1.86. The lowest BCUT2D eigenvalue weighted by Gasteiger charge is -2.28. The molecule has 0 saturated carbocycles. The molecule has 1 aliphatic rings. The van der Waals surface area contributed by atoms with Crippen molar-refractivity contribution >= 4 is 5.91 Å². The lowest BCUT2D eigenvalue weighted by molar-refractivity contribution is -0.125. The van der Waals surface area contributed by atoms with Crippen molar-refractivity contribution in [3.05, 3.63) is 35.4 Å². The van der Waals surface area contributed by atoms with Crippen LogP contribution in [0.25, 0.3) is 0 Å². The van der Waals surface area contributed by atoms with Crippen LogP contribution in [0.15, 0.2) is 24.3 Å². The summed E-state index contributed by atoms with van der Waals surface area (Å²) >= 11 is 0. The third-order valence-electron chi connectivity index (χ3n) is 2.63. The first-order chi connectivity index (χ1) is 7.70. The average Bonchev–Trinajstić information content (AvgIpc) is 2.29. The van der Waals surface area contributed by atoms with Crippen LogP contribution in [0.2, 0.25) is 0 Å². The Labute approximate surface area is 94.3 Å². The van der Waals surface area contributed by atoms with Gasteiger partial charge in [-0.2, -0.15) is 5.26 Å². The van der Waals surface area contributed by atoms with Crippen LogP contribution >= 0.6 is 0 Å². The van der Waals surface area contributed by atoms with Gasteiger partial charge in [-0.25, -0.2) is 0 Å². The van der Waals surface area contributed by atoms with E-state index in [0.29, 0.717) is 5.56 Å².